The maximum absolute atomic E-state index is 11.3. The molecule has 1 aliphatic carbocycles. The van der Waals surface area contributed by atoms with Gasteiger partial charge in [0.15, 0.2) is 5.17 Å². The minimum absolute atomic E-state index is 0.132. The third-order valence-corrected chi connectivity index (χ3v) is 4.03. The van der Waals surface area contributed by atoms with Crippen molar-refractivity contribution in [2.45, 2.75) is 37.5 Å². The van der Waals surface area contributed by atoms with Crippen LogP contribution in [0.3, 0.4) is 0 Å². The van der Waals surface area contributed by atoms with Gasteiger partial charge < -0.3 is 5.73 Å². The fraction of sp³-hybridized carbons (Fsp3) is 0.778. The first-order valence-electron chi connectivity index (χ1n) is 4.69. The first kappa shape index (κ1) is 9.06. The molecule has 3 atom stereocenters. The van der Waals surface area contributed by atoms with E-state index in [9.17, 15) is 4.79 Å². The van der Waals surface area contributed by atoms with Gasteiger partial charge in [-0.15, -0.1) is 0 Å². The number of nitrogens with two attached hydrogens (primary N) is 1. The Bertz CT molecular complexity index is 264. The van der Waals surface area contributed by atoms with Crippen molar-refractivity contribution >= 4 is 22.7 Å². The van der Waals surface area contributed by atoms with Gasteiger partial charge in [0.2, 0.25) is 0 Å². The van der Waals surface area contributed by atoms with E-state index in [0.29, 0.717) is 10.4 Å². The number of aliphatic imine (C=N–C) groups is 1. The highest BCUT2D eigenvalue weighted by Gasteiger charge is 2.39. The number of carbonyl (C=O) groups is 1. The second kappa shape index (κ2) is 3.33. The molecule has 0 aromatic carbocycles. The molecule has 13 heavy (non-hydrogen) atoms. The molecule has 1 heterocycles. The molecule has 0 spiro atoms. The van der Waals surface area contributed by atoms with Crippen molar-refractivity contribution in [2.75, 3.05) is 0 Å². The van der Waals surface area contributed by atoms with Crippen LogP contribution in [-0.2, 0) is 4.79 Å². The predicted molar refractivity (Wildman–Crippen MR) is 54.8 cm³/mol. The van der Waals surface area contributed by atoms with E-state index in [4.69, 9.17) is 5.73 Å². The van der Waals surface area contributed by atoms with Gasteiger partial charge in [0.05, 0.1) is 6.04 Å². The summed E-state index contributed by atoms with van der Waals surface area (Å²) in [7, 11) is 0. The highest BCUT2D eigenvalue weighted by atomic mass is 32.2. The van der Waals surface area contributed by atoms with Gasteiger partial charge >= 0.3 is 0 Å². The number of ketones is 1. The molecule has 2 aliphatic rings. The number of Topliss-reactive ketones (excluding diaryl/α,β-unsaturated/α-hetero) is 1. The molecule has 1 aliphatic heterocycles. The molecule has 3 nitrogen and oxygen atoms in total. The van der Waals surface area contributed by atoms with Crippen LogP contribution >= 0.6 is 11.8 Å². The third-order valence-electron chi connectivity index (χ3n) is 2.87. The molecule has 0 amide bonds. The Morgan fingerprint density at radius 3 is 3.08 bits per heavy atom. The molecule has 0 aromatic heterocycles. The molecule has 0 radical (unpaired) electrons. The Balaban J connectivity index is 2.17. The van der Waals surface area contributed by atoms with Crippen molar-refractivity contribution in [3.63, 3.8) is 0 Å². The summed E-state index contributed by atoms with van der Waals surface area (Å²) in [6, 6.07) is 0.177. The van der Waals surface area contributed by atoms with Gasteiger partial charge in [-0.2, -0.15) is 0 Å². The van der Waals surface area contributed by atoms with E-state index in [-0.39, 0.29) is 17.7 Å². The fourth-order valence-corrected chi connectivity index (χ4v) is 3.38. The molecule has 0 aromatic rings. The van der Waals surface area contributed by atoms with Crippen LogP contribution in [0.25, 0.3) is 0 Å². The lowest BCUT2D eigenvalue weighted by atomic mass is 9.82. The quantitative estimate of drug-likeness (QED) is 0.688. The maximum atomic E-state index is 11.3. The molecule has 2 N–H and O–H groups in total. The highest BCUT2D eigenvalue weighted by Crippen LogP contribution is 2.39. The van der Waals surface area contributed by atoms with Gasteiger partial charge in [0, 0.05) is 11.2 Å². The van der Waals surface area contributed by atoms with E-state index >= 15 is 0 Å². The molecule has 1 fully saturated rings. The number of hydrogen-bond acceptors (Lipinski definition) is 4. The number of hydrogen-bond donors (Lipinski definition) is 1. The normalized spacial score (nSPS) is 38.2. The molecule has 0 bridgehead atoms. The van der Waals surface area contributed by atoms with Crippen molar-refractivity contribution in [3.05, 3.63) is 0 Å². The molecule has 3 unspecified atom stereocenters. The summed E-state index contributed by atoms with van der Waals surface area (Å²) in [4.78, 5) is 15.7. The van der Waals surface area contributed by atoms with Crippen LogP contribution in [0.4, 0.5) is 0 Å². The second-order valence-electron chi connectivity index (χ2n) is 3.76. The smallest absolute Gasteiger partial charge is 0.154 e. The Kier molecular flexibility index (Phi) is 2.32. The zero-order valence-electron chi connectivity index (χ0n) is 7.69. The fourth-order valence-electron chi connectivity index (χ4n) is 2.22. The minimum Gasteiger partial charge on any atom is -0.379 e. The van der Waals surface area contributed by atoms with Crippen LogP contribution in [0.1, 0.15) is 26.2 Å². The number of carbonyl (C=O) groups excluding carboxylic acids is 1. The van der Waals surface area contributed by atoms with Crippen molar-refractivity contribution in [1.29, 1.82) is 0 Å². The van der Waals surface area contributed by atoms with Crippen molar-refractivity contribution in [1.82, 2.24) is 0 Å². The summed E-state index contributed by atoms with van der Waals surface area (Å²) in [6.45, 7) is 1.67. The molecule has 72 valence electrons. The van der Waals surface area contributed by atoms with E-state index in [2.05, 4.69) is 4.99 Å². The maximum Gasteiger partial charge on any atom is 0.154 e. The molecule has 1 saturated carbocycles. The topological polar surface area (TPSA) is 55.5 Å². The zero-order valence-corrected chi connectivity index (χ0v) is 8.51. The van der Waals surface area contributed by atoms with Gasteiger partial charge in [0.25, 0.3) is 0 Å². The number of nitrogens with zero attached hydrogens (tertiary/aromatic N) is 1. The average Bonchev–Trinajstić information content (AvgIpc) is 2.43. The van der Waals surface area contributed by atoms with E-state index in [1.54, 1.807) is 18.7 Å². The summed E-state index contributed by atoms with van der Waals surface area (Å²) < 4.78 is 0. The lowest BCUT2D eigenvalue weighted by Crippen LogP contribution is -2.35. The lowest BCUT2D eigenvalue weighted by molar-refractivity contribution is -0.121. The van der Waals surface area contributed by atoms with E-state index in [1.165, 1.54) is 0 Å². The van der Waals surface area contributed by atoms with Gasteiger partial charge in [-0.25, -0.2) is 0 Å². The Labute approximate surface area is 82.2 Å². The molecular formula is C9H14N2OS. The first-order valence-corrected chi connectivity index (χ1v) is 5.57. The standard InChI is InChI=1S/C9H14N2OS/c1-5(12)6-3-2-4-7-8(6)11-9(10)13-7/h6-8H,2-4H2,1H3,(H2,10,11). The third kappa shape index (κ3) is 1.59. The van der Waals surface area contributed by atoms with Gasteiger partial charge in [0.1, 0.15) is 5.78 Å². The lowest BCUT2D eigenvalue weighted by Gasteiger charge is -2.29. The number of amidine groups is 1. The van der Waals surface area contributed by atoms with Gasteiger partial charge in [-0.1, -0.05) is 18.2 Å². The highest BCUT2D eigenvalue weighted by molar-refractivity contribution is 8.14. The summed E-state index contributed by atoms with van der Waals surface area (Å²) >= 11 is 1.65. The average molecular weight is 198 g/mol. The van der Waals surface area contributed by atoms with E-state index < -0.39 is 0 Å². The molecule has 2 rings (SSSR count). The SMILES string of the molecule is CC(=O)C1CCCC2SC(N)=NC21. The predicted octanol–water partition coefficient (Wildman–Crippen LogP) is 1.17. The van der Waals surface area contributed by atoms with Crippen LogP contribution in [0.5, 0.6) is 0 Å². The summed E-state index contributed by atoms with van der Waals surface area (Å²) in [6.07, 6.45) is 3.29. The largest absolute Gasteiger partial charge is 0.379 e. The van der Waals surface area contributed by atoms with Gasteiger partial charge in [-0.3, -0.25) is 9.79 Å². The van der Waals surface area contributed by atoms with Crippen LogP contribution < -0.4 is 5.73 Å². The Morgan fingerprint density at radius 2 is 2.38 bits per heavy atom. The number of fused-ring (bicyclic) bond motifs is 1. The van der Waals surface area contributed by atoms with Gasteiger partial charge in [-0.05, 0) is 19.8 Å². The molecule has 0 saturated heterocycles. The van der Waals surface area contributed by atoms with Crippen LogP contribution in [0.15, 0.2) is 4.99 Å². The van der Waals surface area contributed by atoms with Crippen LogP contribution in [0, 0.1) is 5.92 Å². The second-order valence-corrected chi connectivity index (χ2v) is 5.02. The molecule has 4 heteroatoms. The van der Waals surface area contributed by atoms with Crippen molar-refractivity contribution in [2.24, 2.45) is 16.6 Å². The summed E-state index contributed by atoms with van der Waals surface area (Å²) in [5, 5.41) is 1.14. The summed E-state index contributed by atoms with van der Waals surface area (Å²) in [5.41, 5.74) is 5.66. The number of thioether (sulfide) groups is 1. The first-order chi connectivity index (χ1) is 6.18. The van der Waals surface area contributed by atoms with Crippen molar-refractivity contribution in [3.8, 4) is 0 Å². The Morgan fingerprint density at radius 1 is 1.62 bits per heavy atom. The molecular weight excluding hydrogens is 184 g/mol. The monoisotopic (exact) mass is 198 g/mol. The van der Waals surface area contributed by atoms with Crippen LogP contribution in [0.2, 0.25) is 0 Å². The summed E-state index contributed by atoms with van der Waals surface area (Å²) in [5.74, 6) is 0.404. The minimum atomic E-state index is 0.132. The zero-order chi connectivity index (χ0) is 9.42. The van der Waals surface area contributed by atoms with Crippen LogP contribution in [-0.4, -0.2) is 22.2 Å². The van der Waals surface area contributed by atoms with E-state index in [0.717, 1.165) is 19.3 Å². The van der Waals surface area contributed by atoms with E-state index in [1.807, 2.05) is 0 Å². The van der Waals surface area contributed by atoms with Crippen molar-refractivity contribution < 1.29 is 4.79 Å². The number of rotatable bonds is 1. The Hall–Kier alpha value is -0.510.